The van der Waals surface area contributed by atoms with E-state index in [-0.39, 0.29) is 23.5 Å². The van der Waals surface area contributed by atoms with E-state index < -0.39 is 0 Å². The third-order valence-corrected chi connectivity index (χ3v) is 5.91. The molecule has 1 aliphatic carbocycles. The Bertz CT molecular complexity index is 995. The van der Waals surface area contributed by atoms with Crippen LogP contribution in [0.15, 0.2) is 57.3 Å². The van der Waals surface area contributed by atoms with Crippen molar-refractivity contribution in [3.63, 3.8) is 0 Å². The Morgan fingerprint density at radius 3 is 2.77 bits per heavy atom. The number of amides is 1. The second-order valence-electron chi connectivity index (χ2n) is 7.07. The molecule has 0 aliphatic heterocycles. The molecule has 156 valence electrons. The van der Waals surface area contributed by atoms with Gasteiger partial charge in [-0.1, -0.05) is 31.0 Å². The van der Waals surface area contributed by atoms with E-state index in [1.807, 2.05) is 0 Å². The van der Waals surface area contributed by atoms with Gasteiger partial charge in [-0.05, 0) is 49.2 Å². The summed E-state index contributed by atoms with van der Waals surface area (Å²) in [6, 6.07) is 10.0. The van der Waals surface area contributed by atoms with Gasteiger partial charge in [0, 0.05) is 11.6 Å². The Hall–Kier alpha value is -2.94. The van der Waals surface area contributed by atoms with Gasteiger partial charge < -0.3 is 4.42 Å². The van der Waals surface area contributed by atoms with Crippen molar-refractivity contribution < 1.29 is 13.6 Å². The summed E-state index contributed by atoms with van der Waals surface area (Å²) in [5, 5.41) is 13.3. The topological polar surface area (TPSA) is 85.3 Å². The summed E-state index contributed by atoms with van der Waals surface area (Å²) >= 11 is 1.32. The molecule has 1 aromatic carbocycles. The van der Waals surface area contributed by atoms with Crippen molar-refractivity contribution in [2.45, 2.75) is 43.3 Å². The van der Waals surface area contributed by atoms with Crippen LogP contribution in [0.5, 0.6) is 0 Å². The molecule has 3 aromatic rings. The van der Waals surface area contributed by atoms with Crippen LogP contribution in [0.3, 0.4) is 0 Å². The van der Waals surface area contributed by atoms with Gasteiger partial charge in [0.05, 0.1) is 18.2 Å². The van der Waals surface area contributed by atoms with Crippen LogP contribution in [0.1, 0.15) is 43.9 Å². The van der Waals surface area contributed by atoms with Crippen molar-refractivity contribution in [1.29, 1.82) is 0 Å². The zero-order valence-electron chi connectivity index (χ0n) is 16.3. The normalized spacial score (nSPS) is 15.0. The van der Waals surface area contributed by atoms with Crippen LogP contribution in [-0.4, -0.2) is 32.6 Å². The van der Waals surface area contributed by atoms with E-state index in [9.17, 15) is 9.18 Å². The third-order valence-electron chi connectivity index (χ3n) is 4.96. The molecule has 2 heterocycles. The number of benzene rings is 1. The number of thioether (sulfide) groups is 1. The van der Waals surface area contributed by atoms with Gasteiger partial charge in [0.1, 0.15) is 11.6 Å². The molecule has 1 aliphatic rings. The van der Waals surface area contributed by atoms with Crippen molar-refractivity contribution in [2.24, 2.45) is 5.10 Å². The van der Waals surface area contributed by atoms with E-state index in [2.05, 4.69) is 25.3 Å². The van der Waals surface area contributed by atoms with Gasteiger partial charge in [-0.15, -0.1) is 10.2 Å². The summed E-state index contributed by atoms with van der Waals surface area (Å²) in [5.74, 6) is 0.891. The van der Waals surface area contributed by atoms with Crippen molar-refractivity contribution in [1.82, 2.24) is 20.2 Å². The summed E-state index contributed by atoms with van der Waals surface area (Å²) in [4.78, 5) is 12.2. The number of furan rings is 1. The lowest BCUT2D eigenvalue weighted by atomic mass is 9.95. The number of hydrogen-bond acceptors (Lipinski definition) is 6. The number of hydrogen-bond donors (Lipinski definition) is 1. The first-order valence-corrected chi connectivity index (χ1v) is 10.9. The molecule has 9 heteroatoms. The average molecular weight is 428 g/mol. The predicted molar refractivity (Wildman–Crippen MR) is 113 cm³/mol. The number of nitrogens with zero attached hydrogens (tertiary/aromatic N) is 4. The molecule has 0 spiro atoms. The van der Waals surface area contributed by atoms with E-state index >= 15 is 0 Å². The summed E-state index contributed by atoms with van der Waals surface area (Å²) in [6.07, 6.45) is 8.59. The maximum atomic E-state index is 13.4. The quantitative estimate of drug-likeness (QED) is 0.343. The van der Waals surface area contributed by atoms with E-state index in [1.165, 1.54) is 42.8 Å². The van der Waals surface area contributed by atoms with Gasteiger partial charge in [0.25, 0.3) is 5.91 Å². The van der Waals surface area contributed by atoms with Gasteiger partial charge in [-0.25, -0.2) is 9.82 Å². The first kappa shape index (κ1) is 20.3. The maximum absolute atomic E-state index is 13.4. The highest BCUT2D eigenvalue weighted by Crippen LogP contribution is 2.35. The van der Waals surface area contributed by atoms with Crippen LogP contribution in [0, 0.1) is 5.82 Å². The molecule has 0 unspecified atom stereocenters. The van der Waals surface area contributed by atoms with Crippen molar-refractivity contribution >= 4 is 23.9 Å². The van der Waals surface area contributed by atoms with Crippen LogP contribution in [-0.2, 0) is 4.79 Å². The van der Waals surface area contributed by atoms with Gasteiger partial charge in [-0.2, -0.15) is 5.10 Å². The van der Waals surface area contributed by atoms with E-state index in [0.29, 0.717) is 16.7 Å². The van der Waals surface area contributed by atoms with Crippen LogP contribution >= 0.6 is 11.8 Å². The van der Waals surface area contributed by atoms with Gasteiger partial charge in [0.2, 0.25) is 0 Å². The minimum atomic E-state index is -0.288. The van der Waals surface area contributed by atoms with Crippen LogP contribution in [0.4, 0.5) is 4.39 Å². The molecule has 0 bridgehead atoms. The lowest BCUT2D eigenvalue weighted by Crippen LogP contribution is -2.20. The molecule has 4 rings (SSSR count). The van der Waals surface area contributed by atoms with E-state index in [4.69, 9.17) is 4.42 Å². The standard InChI is InChI=1S/C21H22FN5O2S/c22-16-10-8-15(9-11-16)20-25-26-21(27(20)17-5-2-1-3-6-17)30-14-19(28)24-23-13-18-7-4-12-29-18/h4,7-13,17H,1-3,5-6,14H2,(H,24,28). The molecule has 7 nitrogen and oxygen atoms in total. The SMILES string of the molecule is O=C(CSc1nnc(-c2ccc(F)cc2)n1C1CCCCC1)NN=Cc1ccco1. The maximum Gasteiger partial charge on any atom is 0.250 e. The largest absolute Gasteiger partial charge is 0.463 e. The predicted octanol–water partition coefficient (Wildman–Crippen LogP) is 4.42. The first-order chi connectivity index (χ1) is 14.7. The summed E-state index contributed by atoms with van der Waals surface area (Å²) in [7, 11) is 0. The van der Waals surface area contributed by atoms with E-state index in [0.717, 1.165) is 31.2 Å². The Kier molecular flexibility index (Phi) is 6.58. The summed E-state index contributed by atoms with van der Waals surface area (Å²) in [6.45, 7) is 0. The second-order valence-corrected chi connectivity index (χ2v) is 8.01. The number of aromatic nitrogens is 3. The number of rotatable bonds is 7. The van der Waals surface area contributed by atoms with Crippen LogP contribution in [0.25, 0.3) is 11.4 Å². The molecule has 0 atom stereocenters. The Morgan fingerprint density at radius 2 is 2.03 bits per heavy atom. The fourth-order valence-corrected chi connectivity index (χ4v) is 4.33. The summed E-state index contributed by atoms with van der Waals surface area (Å²) in [5.41, 5.74) is 3.30. The van der Waals surface area contributed by atoms with Crippen molar-refractivity contribution in [3.8, 4) is 11.4 Å². The molecular weight excluding hydrogens is 405 g/mol. The molecule has 1 saturated carbocycles. The van der Waals surface area contributed by atoms with Crippen LogP contribution < -0.4 is 5.43 Å². The molecule has 0 saturated heterocycles. The van der Waals surface area contributed by atoms with Gasteiger partial charge >= 0.3 is 0 Å². The Labute approximate surface area is 177 Å². The van der Waals surface area contributed by atoms with Crippen molar-refractivity contribution in [3.05, 3.63) is 54.2 Å². The molecular formula is C21H22FN5O2S. The highest BCUT2D eigenvalue weighted by Gasteiger charge is 2.24. The highest BCUT2D eigenvalue weighted by molar-refractivity contribution is 7.99. The zero-order valence-corrected chi connectivity index (χ0v) is 17.1. The number of carbonyl (C=O) groups is 1. The number of carbonyl (C=O) groups excluding carboxylic acids is 1. The zero-order chi connectivity index (χ0) is 20.8. The fourth-order valence-electron chi connectivity index (χ4n) is 3.53. The highest BCUT2D eigenvalue weighted by atomic mass is 32.2. The molecule has 1 fully saturated rings. The number of nitrogens with one attached hydrogen (secondary N) is 1. The fraction of sp³-hybridized carbons (Fsp3) is 0.333. The van der Waals surface area contributed by atoms with E-state index in [1.54, 1.807) is 24.3 Å². The lowest BCUT2D eigenvalue weighted by molar-refractivity contribution is -0.118. The van der Waals surface area contributed by atoms with Gasteiger partial charge in [0.15, 0.2) is 11.0 Å². The molecule has 1 N–H and O–H groups in total. The monoisotopic (exact) mass is 427 g/mol. The third kappa shape index (κ3) is 4.96. The van der Waals surface area contributed by atoms with Crippen LogP contribution in [0.2, 0.25) is 0 Å². The Morgan fingerprint density at radius 1 is 1.23 bits per heavy atom. The molecule has 0 radical (unpaired) electrons. The molecule has 1 amide bonds. The minimum Gasteiger partial charge on any atom is -0.463 e. The van der Waals surface area contributed by atoms with Crippen molar-refractivity contribution in [2.75, 3.05) is 5.75 Å². The second kappa shape index (κ2) is 9.71. The Balaban J connectivity index is 1.48. The molecule has 2 aromatic heterocycles. The van der Waals surface area contributed by atoms with Gasteiger partial charge in [-0.3, -0.25) is 9.36 Å². The number of hydrazone groups is 1. The minimum absolute atomic E-state index is 0.157. The lowest BCUT2D eigenvalue weighted by Gasteiger charge is -2.25. The average Bonchev–Trinajstić information content (AvgIpc) is 3.43. The number of halogens is 1. The first-order valence-electron chi connectivity index (χ1n) is 9.90. The summed E-state index contributed by atoms with van der Waals surface area (Å²) < 4.78 is 20.6. The smallest absolute Gasteiger partial charge is 0.250 e. The molecule has 30 heavy (non-hydrogen) atoms.